The van der Waals surface area contributed by atoms with E-state index in [1.165, 1.54) is 18.6 Å². The molecule has 1 N–H and O–H groups in total. The average Bonchev–Trinajstić information content (AvgIpc) is 2.56. The Labute approximate surface area is 125 Å². The third kappa shape index (κ3) is 2.32. The first-order valence-corrected chi connectivity index (χ1v) is 6.74. The molecule has 1 aromatic carbocycles. The molecule has 3 rings (SSSR count). The van der Waals surface area contributed by atoms with Gasteiger partial charge in [-0.2, -0.15) is 5.10 Å². The van der Waals surface area contributed by atoms with Gasteiger partial charge in [0, 0.05) is 18.1 Å². The number of aliphatic imine (C=N–C) groups is 1. The summed E-state index contributed by atoms with van der Waals surface area (Å²) in [5.74, 6) is 0.0236. The monoisotopic (exact) mass is 295 g/mol. The van der Waals surface area contributed by atoms with Crippen molar-refractivity contribution in [1.82, 2.24) is 19.7 Å². The van der Waals surface area contributed by atoms with Gasteiger partial charge < -0.3 is 9.67 Å². The number of aromatic nitrogens is 4. The quantitative estimate of drug-likeness (QED) is 0.742. The fraction of sp³-hybridized carbons (Fsp3) is 0.133. The second-order valence-corrected chi connectivity index (χ2v) is 4.53. The molecule has 0 aliphatic heterocycles. The summed E-state index contributed by atoms with van der Waals surface area (Å²) in [6, 6.07) is 7.18. The van der Waals surface area contributed by atoms with Crippen LogP contribution >= 0.6 is 0 Å². The highest BCUT2D eigenvalue weighted by atomic mass is 16.3. The summed E-state index contributed by atoms with van der Waals surface area (Å²) < 4.78 is 1.58. The van der Waals surface area contributed by atoms with Crippen molar-refractivity contribution in [3.63, 3.8) is 0 Å². The van der Waals surface area contributed by atoms with Crippen LogP contribution < -0.4 is 5.56 Å². The molecule has 0 saturated carbocycles. The topological polar surface area (TPSA) is 93.3 Å². The van der Waals surface area contributed by atoms with Gasteiger partial charge in [0.2, 0.25) is 0 Å². The minimum absolute atomic E-state index is 0.0991. The van der Waals surface area contributed by atoms with E-state index >= 15 is 0 Å². The molecule has 7 heteroatoms. The predicted octanol–water partition coefficient (Wildman–Crippen LogP) is 1.66. The van der Waals surface area contributed by atoms with Crippen LogP contribution in [0.5, 0.6) is 5.75 Å². The molecule has 7 nitrogen and oxygen atoms in total. The molecule has 0 atom stereocenters. The van der Waals surface area contributed by atoms with Crippen LogP contribution in [0.15, 0.2) is 46.4 Å². The van der Waals surface area contributed by atoms with E-state index in [-0.39, 0.29) is 22.8 Å². The molecule has 0 radical (unpaired) electrons. The number of benzene rings is 1. The van der Waals surface area contributed by atoms with Crippen molar-refractivity contribution in [3.8, 4) is 5.75 Å². The Kier molecular flexibility index (Phi) is 3.61. The second-order valence-electron chi connectivity index (χ2n) is 4.53. The van der Waals surface area contributed by atoms with E-state index in [9.17, 15) is 9.90 Å². The van der Waals surface area contributed by atoms with E-state index in [4.69, 9.17) is 0 Å². The Morgan fingerprint density at radius 3 is 2.86 bits per heavy atom. The van der Waals surface area contributed by atoms with Crippen molar-refractivity contribution >= 4 is 23.1 Å². The Balaban J connectivity index is 2.22. The van der Waals surface area contributed by atoms with Crippen molar-refractivity contribution in [1.29, 1.82) is 0 Å². The maximum absolute atomic E-state index is 12.5. The molecule has 0 saturated heterocycles. The maximum Gasteiger partial charge on any atom is 0.268 e. The minimum atomic E-state index is -0.314. The van der Waals surface area contributed by atoms with E-state index in [2.05, 4.69) is 20.2 Å². The lowest BCUT2D eigenvalue weighted by atomic mass is 10.1. The molecular formula is C15H13N5O2. The number of hydrogen-bond acceptors (Lipinski definition) is 6. The zero-order valence-electron chi connectivity index (χ0n) is 11.8. The number of aromatic hydroxyl groups is 1. The Hall–Kier alpha value is -3.09. The second kappa shape index (κ2) is 5.72. The van der Waals surface area contributed by atoms with E-state index in [0.29, 0.717) is 17.4 Å². The fourth-order valence-corrected chi connectivity index (χ4v) is 2.26. The summed E-state index contributed by atoms with van der Waals surface area (Å²) in [7, 11) is 0. The van der Waals surface area contributed by atoms with E-state index in [1.807, 2.05) is 13.0 Å². The van der Waals surface area contributed by atoms with Crippen LogP contribution in [0.3, 0.4) is 0 Å². The molecule has 0 aliphatic rings. The average molecular weight is 295 g/mol. The van der Waals surface area contributed by atoms with Gasteiger partial charge in [-0.15, -0.1) is 5.10 Å². The molecule has 2 heterocycles. The molecule has 0 amide bonds. The van der Waals surface area contributed by atoms with Gasteiger partial charge in [-0.05, 0) is 19.1 Å². The summed E-state index contributed by atoms with van der Waals surface area (Å²) in [6.07, 6.45) is 4.15. The van der Waals surface area contributed by atoms with Gasteiger partial charge in [0.05, 0.1) is 17.9 Å². The van der Waals surface area contributed by atoms with Crippen molar-refractivity contribution in [3.05, 3.63) is 52.6 Å². The van der Waals surface area contributed by atoms with E-state index < -0.39 is 0 Å². The number of nitrogens with zero attached hydrogens (tertiary/aromatic N) is 5. The third-order valence-corrected chi connectivity index (χ3v) is 3.28. The van der Waals surface area contributed by atoms with Crippen molar-refractivity contribution < 1.29 is 5.11 Å². The van der Waals surface area contributed by atoms with Gasteiger partial charge in [-0.25, -0.2) is 9.98 Å². The summed E-state index contributed by atoms with van der Waals surface area (Å²) in [5.41, 5.74) is 0.474. The van der Waals surface area contributed by atoms with Crippen LogP contribution in [0.25, 0.3) is 10.9 Å². The molecular weight excluding hydrogens is 282 g/mol. The molecule has 0 bridgehead atoms. The summed E-state index contributed by atoms with van der Waals surface area (Å²) in [6.45, 7) is 2.36. The van der Waals surface area contributed by atoms with Crippen LogP contribution in [-0.4, -0.2) is 31.1 Å². The summed E-state index contributed by atoms with van der Waals surface area (Å²) in [5, 5.41) is 18.3. The van der Waals surface area contributed by atoms with Gasteiger partial charge in [-0.1, -0.05) is 12.1 Å². The lowest BCUT2D eigenvalue weighted by Crippen LogP contribution is -2.23. The number of fused-ring (bicyclic) bond motifs is 1. The van der Waals surface area contributed by atoms with Gasteiger partial charge in [0.25, 0.3) is 11.5 Å². The summed E-state index contributed by atoms with van der Waals surface area (Å²) >= 11 is 0. The van der Waals surface area contributed by atoms with E-state index in [0.717, 1.165) is 0 Å². The summed E-state index contributed by atoms with van der Waals surface area (Å²) in [4.78, 5) is 20.4. The predicted molar refractivity (Wildman–Crippen MR) is 82.6 cm³/mol. The zero-order chi connectivity index (χ0) is 15.5. The maximum atomic E-state index is 12.5. The molecule has 0 fully saturated rings. The van der Waals surface area contributed by atoms with Crippen molar-refractivity contribution in [2.45, 2.75) is 13.5 Å². The van der Waals surface area contributed by atoms with Crippen LogP contribution in [0.2, 0.25) is 0 Å². The first-order valence-electron chi connectivity index (χ1n) is 6.74. The molecule has 110 valence electrons. The van der Waals surface area contributed by atoms with Crippen LogP contribution in [0, 0.1) is 0 Å². The SMILES string of the molecule is CCn1c(=O)c(/C=N/c2nccnn2)c(O)c2ccccc21. The van der Waals surface area contributed by atoms with Gasteiger partial charge in [0.1, 0.15) is 11.3 Å². The normalized spacial score (nSPS) is 11.3. The highest BCUT2D eigenvalue weighted by Gasteiger charge is 2.13. The molecule has 3 aromatic rings. The lowest BCUT2D eigenvalue weighted by Gasteiger charge is -2.11. The van der Waals surface area contributed by atoms with Gasteiger partial charge >= 0.3 is 0 Å². The number of hydrogen-bond donors (Lipinski definition) is 1. The van der Waals surface area contributed by atoms with Crippen LogP contribution in [0.4, 0.5) is 5.95 Å². The Morgan fingerprint density at radius 2 is 2.14 bits per heavy atom. The Bertz CT molecular complexity index is 903. The lowest BCUT2D eigenvalue weighted by molar-refractivity contribution is 0.478. The molecule has 0 spiro atoms. The number of para-hydroxylation sites is 1. The zero-order valence-corrected chi connectivity index (χ0v) is 11.8. The van der Waals surface area contributed by atoms with Gasteiger partial charge in [-0.3, -0.25) is 4.79 Å². The molecule has 22 heavy (non-hydrogen) atoms. The first kappa shape index (κ1) is 13.9. The molecule has 0 unspecified atom stereocenters. The largest absolute Gasteiger partial charge is 0.506 e. The number of pyridine rings is 1. The van der Waals surface area contributed by atoms with Gasteiger partial charge in [0.15, 0.2) is 0 Å². The van der Waals surface area contributed by atoms with Crippen LogP contribution in [-0.2, 0) is 6.54 Å². The molecule has 0 aliphatic carbocycles. The van der Waals surface area contributed by atoms with Crippen molar-refractivity contribution in [2.24, 2.45) is 4.99 Å². The first-order chi connectivity index (χ1) is 10.7. The van der Waals surface area contributed by atoms with Crippen molar-refractivity contribution in [2.75, 3.05) is 0 Å². The third-order valence-electron chi connectivity index (χ3n) is 3.28. The number of aryl methyl sites for hydroxylation is 1. The van der Waals surface area contributed by atoms with E-state index in [1.54, 1.807) is 22.8 Å². The fourth-order valence-electron chi connectivity index (χ4n) is 2.26. The minimum Gasteiger partial charge on any atom is -0.506 e. The highest BCUT2D eigenvalue weighted by molar-refractivity contribution is 5.95. The highest BCUT2D eigenvalue weighted by Crippen LogP contribution is 2.25. The van der Waals surface area contributed by atoms with Crippen LogP contribution in [0.1, 0.15) is 12.5 Å². The molecule has 2 aromatic heterocycles. The number of rotatable bonds is 3. The standard InChI is InChI=1S/C15H13N5O2/c1-2-20-12-6-4-3-5-10(12)13(21)11(14(20)22)9-17-15-16-7-8-18-19-15/h3-9,21H,2H2,1H3/b17-9+. The smallest absolute Gasteiger partial charge is 0.268 e. The Morgan fingerprint density at radius 1 is 1.32 bits per heavy atom.